The number of amides is 4. The van der Waals surface area contributed by atoms with E-state index in [1.165, 1.54) is 35.1 Å². The molecule has 0 saturated heterocycles. The number of hydrogen-bond acceptors (Lipinski definition) is 8. The second-order valence-electron chi connectivity index (χ2n) is 9.70. The van der Waals surface area contributed by atoms with Crippen molar-refractivity contribution >= 4 is 41.1 Å². The molecule has 4 heterocycles. The number of urea groups is 1. The van der Waals surface area contributed by atoms with E-state index in [0.717, 1.165) is 31.2 Å². The molecule has 1 saturated carbocycles. The van der Waals surface area contributed by atoms with Gasteiger partial charge in [-0.15, -0.1) is 0 Å². The van der Waals surface area contributed by atoms with Gasteiger partial charge in [-0.2, -0.15) is 0 Å². The maximum absolute atomic E-state index is 13.5. The molecule has 11 nitrogen and oxygen atoms in total. The van der Waals surface area contributed by atoms with E-state index in [2.05, 4.69) is 37.5 Å². The molecule has 3 N–H and O–H groups in total. The molecule has 0 radical (unpaired) electrons. The third-order valence-corrected chi connectivity index (χ3v) is 8.47. The smallest absolute Gasteiger partial charge is 0.328 e. The van der Waals surface area contributed by atoms with Crippen LogP contribution in [0.4, 0.5) is 16.3 Å². The molecule has 12 heteroatoms. The van der Waals surface area contributed by atoms with Gasteiger partial charge in [0.05, 0.1) is 24.1 Å². The average Bonchev–Trinajstić information content (AvgIpc) is 3.35. The van der Waals surface area contributed by atoms with Crippen molar-refractivity contribution in [2.24, 2.45) is 0 Å². The van der Waals surface area contributed by atoms with Gasteiger partial charge in [0.15, 0.2) is 5.82 Å². The summed E-state index contributed by atoms with van der Waals surface area (Å²) < 4.78 is 5.72. The van der Waals surface area contributed by atoms with Gasteiger partial charge < -0.3 is 20.7 Å². The molecule has 3 aliphatic rings. The molecular weight excluding hydrogens is 530 g/mol. The van der Waals surface area contributed by atoms with Crippen LogP contribution in [-0.2, 0) is 9.59 Å². The molecule has 3 aromatic rings. The highest BCUT2D eigenvalue weighted by Crippen LogP contribution is 2.50. The predicted octanol–water partition coefficient (Wildman–Crippen LogP) is 3.77. The van der Waals surface area contributed by atoms with Crippen LogP contribution in [0.25, 0.3) is 0 Å². The molecule has 0 bridgehead atoms. The number of para-hydroxylation sites is 1. The van der Waals surface area contributed by atoms with Crippen LogP contribution in [0.2, 0.25) is 0 Å². The number of nitrogens with zero attached hydrogens (tertiary/aromatic N) is 4. The van der Waals surface area contributed by atoms with E-state index in [1.54, 1.807) is 12.3 Å². The molecule has 2 unspecified atom stereocenters. The van der Waals surface area contributed by atoms with Gasteiger partial charge in [0.2, 0.25) is 17.7 Å². The van der Waals surface area contributed by atoms with E-state index < -0.39 is 17.3 Å². The molecule has 204 valence electrons. The minimum atomic E-state index is -0.611. The van der Waals surface area contributed by atoms with Gasteiger partial charge in [-0.05, 0) is 37.1 Å². The highest BCUT2D eigenvalue weighted by molar-refractivity contribution is 8.01. The number of pyridine rings is 1. The first-order chi connectivity index (χ1) is 19.5. The number of rotatable bonds is 7. The molecule has 6 rings (SSSR count). The molecule has 4 amide bonds. The number of carbonyl (C=O) groups excluding carboxylic acids is 3. The zero-order valence-corrected chi connectivity index (χ0v) is 22.3. The Morgan fingerprint density at radius 1 is 1.05 bits per heavy atom. The van der Waals surface area contributed by atoms with Crippen molar-refractivity contribution in [1.82, 2.24) is 30.9 Å². The summed E-state index contributed by atoms with van der Waals surface area (Å²) in [7, 11) is 0. The van der Waals surface area contributed by atoms with Crippen molar-refractivity contribution in [3.63, 3.8) is 0 Å². The third kappa shape index (κ3) is 4.97. The van der Waals surface area contributed by atoms with Crippen LogP contribution in [0.15, 0.2) is 72.7 Å². The molecular formula is C28H27N7O4S. The Kier molecular flexibility index (Phi) is 7.08. The summed E-state index contributed by atoms with van der Waals surface area (Å²) in [5, 5.41) is 9.11. The van der Waals surface area contributed by atoms with Crippen molar-refractivity contribution < 1.29 is 19.1 Å². The largest absolute Gasteiger partial charge is 0.438 e. The fraction of sp³-hybridized carbons (Fsp3) is 0.286. The number of aromatic nitrogens is 3. The van der Waals surface area contributed by atoms with Crippen LogP contribution < -0.4 is 25.6 Å². The molecule has 4 atom stereocenters. The fourth-order valence-electron chi connectivity index (χ4n) is 5.32. The van der Waals surface area contributed by atoms with Gasteiger partial charge in [0.25, 0.3) is 0 Å². The summed E-state index contributed by atoms with van der Waals surface area (Å²) in [6, 6.07) is 9.60. The first kappa shape index (κ1) is 25.8. The number of anilines is 2. The Labute approximate surface area is 234 Å². The Bertz CT molecular complexity index is 1450. The minimum Gasteiger partial charge on any atom is -0.438 e. The van der Waals surface area contributed by atoms with Crippen LogP contribution in [0.3, 0.4) is 0 Å². The van der Waals surface area contributed by atoms with Crippen LogP contribution in [0.5, 0.6) is 11.6 Å². The summed E-state index contributed by atoms with van der Waals surface area (Å²) >= 11 is 1.32. The van der Waals surface area contributed by atoms with Gasteiger partial charge >= 0.3 is 6.03 Å². The second-order valence-corrected chi connectivity index (χ2v) is 10.8. The standard InChI is InChI=1S/C28H27N7O4S/c1-2-21(36)32-17-10-6-7-11-18(17)33-26(37)25-24-23-19(12-13-29-27(23)40-25)35(28(38)34-24)20-14-31-22(15-30-20)39-16-8-4-3-5-9-16/h2-5,8-9,12-15,17-18,24-25H,1,6-7,10-11H2,(H,32,36)(H,33,37)(H,34,38)/t17-,18+,24?,25?/m0/s1. The van der Waals surface area contributed by atoms with Crippen molar-refractivity contribution in [2.75, 3.05) is 4.90 Å². The first-order valence-electron chi connectivity index (χ1n) is 13.1. The lowest BCUT2D eigenvalue weighted by Crippen LogP contribution is -2.56. The Balaban J connectivity index is 1.21. The zero-order valence-electron chi connectivity index (χ0n) is 21.4. The van der Waals surface area contributed by atoms with E-state index in [9.17, 15) is 14.4 Å². The van der Waals surface area contributed by atoms with Crippen molar-refractivity contribution in [3.8, 4) is 11.6 Å². The topological polar surface area (TPSA) is 138 Å². The number of hydrogen-bond donors (Lipinski definition) is 3. The van der Waals surface area contributed by atoms with E-state index >= 15 is 0 Å². The molecule has 1 aromatic carbocycles. The summed E-state index contributed by atoms with van der Waals surface area (Å²) in [5.74, 6) is 0.761. The van der Waals surface area contributed by atoms with Crippen LogP contribution in [0, 0.1) is 0 Å². The Morgan fingerprint density at radius 2 is 1.82 bits per heavy atom. The summed E-state index contributed by atoms with van der Waals surface area (Å²) in [5.41, 5.74) is 1.36. The van der Waals surface area contributed by atoms with Crippen LogP contribution in [0.1, 0.15) is 37.3 Å². The second kappa shape index (κ2) is 11.0. The molecule has 2 aromatic heterocycles. The van der Waals surface area contributed by atoms with Crippen LogP contribution in [-0.4, -0.2) is 50.1 Å². The predicted molar refractivity (Wildman–Crippen MR) is 148 cm³/mol. The summed E-state index contributed by atoms with van der Waals surface area (Å²) in [6.07, 6.45) is 9.25. The molecule has 2 aliphatic heterocycles. The van der Waals surface area contributed by atoms with Crippen LogP contribution >= 0.6 is 11.8 Å². The Hall–Kier alpha value is -4.45. The highest BCUT2D eigenvalue weighted by Gasteiger charge is 2.47. The number of thioether (sulfide) groups is 1. The van der Waals surface area contributed by atoms with E-state index in [-0.39, 0.29) is 23.9 Å². The average molecular weight is 558 g/mol. The highest BCUT2D eigenvalue weighted by atomic mass is 32.2. The SMILES string of the molecule is C=CC(=O)N[C@H]1CCCC[C@H]1NC(=O)C1Sc2nccc3c2C1NC(=O)N3c1cnc(Oc2ccccc2)cn1. The molecule has 0 spiro atoms. The van der Waals surface area contributed by atoms with Gasteiger partial charge in [-0.1, -0.05) is 49.4 Å². The molecule has 1 fully saturated rings. The molecule has 40 heavy (non-hydrogen) atoms. The van der Waals surface area contributed by atoms with Crippen molar-refractivity contribution in [3.05, 3.63) is 73.2 Å². The van der Waals surface area contributed by atoms with E-state index in [4.69, 9.17) is 4.74 Å². The molecule has 1 aliphatic carbocycles. The van der Waals surface area contributed by atoms with Gasteiger partial charge in [0, 0.05) is 23.8 Å². The third-order valence-electron chi connectivity index (χ3n) is 7.18. The number of nitrogens with one attached hydrogen (secondary N) is 3. The monoisotopic (exact) mass is 557 g/mol. The van der Waals surface area contributed by atoms with Gasteiger partial charge in [0.1, 0.15) is 16.0 Å². The summed E-state index contributed by atoms with van der Waals surface area (Å²) in [6.45, 7) is 3.52. The maximum atomic E-state index is 13.5. The lowest BCUT2D eigenvalue weighted by Gasteiger charge is -2.35. The van der Waals surface area contributed by atoms with E-state index in [0.29, 0.717) is 28.2 Å². The summed E-state index contributed by atoms with van der Waals surface area (Å²) in [4.78, 5) is 53.5. The quantitative estimate of drug-likeness (QED) is 0.373. The number of carbonyl (C=O) groups is 3. The first-order valence-corrected chi connectivity index (χ1v) is 13.9. The number of ether oxygens (including phenoxy) is 1. The maximum Gasteiger partial charge on any atom is 0.328 e. The normalized spacial score (nSPS) is 23.0. The Morgan fingerprint density at radius 3 is 2.55 bits per heavy atom. The number of benzene rings is 1. The fourth-order valence-corrected chi connectivity index (χ4v) is 6.56. The van der Waals surface area contributed by atoms with Crippen molar-refractivity contribution in [1.29, 1.82) is 0 Å². The van der Waals surface area contributed by atoms with E-state index in [1.807, 2.05) is 30.3 Å². The minimum absolute atomic E-state index is 0.172. The lowest BCUT2D eigenvalue weighted by molar-refractivity contribution is -0.123. The van der Waals surface area contributed by atoms with Crippen molar-refractivity contribution in [2.45, 2.75) is 54.1 Å². The lowest BCUT2D eigenvalue weighted by atomic mass is 9.89. The zero-order chi connectivity index (χ0) is 27.6. The van der Waals surface area contributed by atoms with Gasteiger partial charge in [-0.3, -0.25) is 9.59 Å². The van der Waals surface area contributed by atoms with Gasteiger partial charge in [-0.25, -0.2) is 24.6 Å².